The SMILES string of the molecule is Cc1cc(C(=O)NC2CCC(S(C)(=O)=O)CC2)cc(C)c1OCC(=O)O. The third-order valence-electron chi connectivity index (χ3n) is 4.68. The number of rotatable bonds is 6. The van der Waals surface area contributed by atoms with Gasteiger partial charge in [0.2, 0.25) is 0 Å². The minimum absolute atomic E-state index is 0.0379. The largest absolute Gasteiger partial charge is 0.481 e. The zero-order valence-corrected chi connectivity index (χ0v) is 16.1. The molecule has 144 valence electrons. The first-order chi connectivity index (χ1) is 12.1. The lowest BCUT2D eigenvalue weighted by atomic mass is 9.94. The van der Waals surface area contributed by atoms with Gasteiger partial charge in [-0.2, -0.15) is 0 Å². The third kappa shape index (κ3) is 5.20. The number of amides is 1. The molecule has 0 aromatic heterocycles. The zero-order valence-electron chi connectivity index (χ0n) is 15.2. The summed E-state index contributed by atoms with van der Waals surface area (Å²) in [5.41, 5.74) is 1.86. The maximum Gasteiger partial charge on any atom is 0.341 e. The van der Waals surface area contributed by atoms with Crippen LogP contribution in [0.1, 0.15) is 47.2 Å². The van der Waals surface area contributed by atoms with Gasteiger partial charge in [-0.1, -0.05) is 0 Å². The van der Waals surface area contributed by atoms with Crippen LogP contribution in [0, 0.1) is 13.8 Å². The van der Waals surface area contributed by atoms with Gasteiger partial charge in [0, 0.05) is 17.9 Å². The summed E-state index contributed by atoms with van der Waals surface area (Å²) in [5, 5.41) is 11.4. The Hall–Kier alpha value is -2.09. The molecule has 0 heterocycles. The molecule has 0 saturated heterocycles. The highest BCUT2D eigenvalue weighted by molar-refractivity contribution is 7.91. The summed E-state index contributed by atoms with van der Waals surface area (Å²) < 4.78 is 28.5. The number of ether oxygens (including phenoxy) is 1. The van der Waals surface area contributed by atoms with Gasteiger partial charge in [0.1, 0.15) is 15.6 Å². The summed E-state index contributed by atoms with van der Waals surface area (Å²) >= 11 is 0. The molecule has 1 fully saturated rings. The van der Waals surface area contributed by atoms with Crippen LogP contribution in [0.4, 0.5) is 0 Å². The minimum atomic E-state index is -3.03. The van der Waals surface area contributed by atoms with E-state index in [-0.39, 0.29) is 17.2 Å². The van der Waals surface area contributed by atoms with Crippen LogP contribution in [0.3, 0.4) is 0 Å². The van der Waals surface area contributed by atoms with Crippen LogP contribution in [-0.2, 0) is 14.6 Å². The number of carboxylic acids is 1. The van der Waals surface area contributed by atoms with Gasteiger partial charge >= 0.3 is 5.97 Å². The molecule has 7 nitrogen and oxygen atoms in total. The molecule has 0 aliphatic heterocycles. The molecule has 2 N–H and O–H groups in total. The second kappa shape index (κ2) is 8.07. The third-order valence-corrected chi connectivity index (χ3v) is 6.36. The van der Waals surface area contributed by atoms with E-state index in [2.05, 4.69) is 5.32 Å². The summed E-state index contributed by atoms with van der Waals surface area (Å²) in [7, 11) is -3.03. The molecule has 1 amide bonds. The number of aryl methyl sites for hydroxylation is 2. The van der Waals surface area contributed by atoms with Gasteiger partial charge in [0.05, 0.1) is 5.25 Å². The van der Waals surface area contributed by atoms with Crippen LogP contribution < -0.4 is 10.1 Å². The molecule has 1 aromatic carbocycles. The second-order valence-corrected chi connectivity index (χ2v) is 9.22. The summed E-state index contributed by atoms with van der Waals surface area (Å²) in [5.74, 6) is -0.809. The van der Waals surface area contributed by atoms with E-state index in [9.17, 15) is 18.0 Å². The fourth-order valence-electron chi connectivity index (χ4n) is 3.35. The zero-order chi connectivity index (χ0) is 19.5. The van der Waals surface area contributed by atoms with Crippen LogP contribution in [-0.4, -0.2) is 49.6 Å². The van der Waals surface area contributed by atoms with E-state index in [1.165, 1.54) is 6.26 Å². The number of hydrogen-bond donors (Lipinski definition) is 2. The number of carbonyl (C=O) groups is 2. The Morgan fingerprint density at radius 1 is 1.15 bits per heavy atom. The minimum Gasteiger partial charge on any atom is -0.481 e. The summed E-state index contributed by atoms with van der Waals surface area (Å²) in [6, 6.07) is 3.30. The van der Waals surface area contributed by atoms with Crippen LogP contribution in [0.15, 0.2) is 12.1 Å². The fraction of sp³-hybridized carbons (Fsp3) is 0.556. The standard InChI is InChI=1S/C18H25NO6S/c1-11-8-13(9-12(2)17(11)25-10-16(20)21)18(22)19-14-4-6-15(7-5-14)26(3,23)24/h8-9,14-15H,4-7,10H2,1-3H3,(H,19,22)(H,20,21). The number of nitrogens with one attached hydrogen (secondary N) is 1. The van der Waals surface area contributed by atoms with Crippen molar-refractivity contribution in [2.24, 2.45) is 0 Å². The molecule has 0 spiro atoms. The molecular formula is C18H25NO6S. The number of benzene rings is 1. The van der Waals surface area contributed by atoms with Crippen LogP contribution in [0.25, 0.3) is 0 Å². The van der Waals surface area contributed by atoms with Crippen LogP contribution in [0.2, 0.25) is 0 Å². The average Bonchev–Trinajstić information content (AvgIpc) is 2.53. The predicted molar refractivity (Wildman–Crippen MR) is 97.4 cm³/mol. The second-order valence-electron chi connectivity index (χ2n) is 6.90. The maximum atomic E-state index is 12.5. The Bertz CT molecular complexity index is 771. The van der Waals surface area contributed by atoms with Crippen molar-refractivity contribution in [2.45, 2.75) is 50.8 Å². The van der Waals surface area contributed by atoms with Crippen molar-refractivity contribution in [1.29, 1.82) is 0 Å². The first kappa shape index (κ1) is 20.2. The molecule has 0 bridgehead atoms. The molecule has 0 atom stereocenters. The fourth-order valence-corrected chi connectivity index (χ4v) is 4.48. The van der Waals surface area contributed by atoms with E-state index < -0.39 is 22.4 Å². The van der Waals surface area contributed by atoms with Crippen molar-refractivity contribution < 1.29 is 27.9 Å². The van der Waals surface area contributed by atoms with E-state index in [0.717, 1.165) is 0 Å². The Balaban J connectivity index is 2.01. The van der Waals surface area contributed by atoms with Gasteiger partial charge in [0.15, 0.2) is 6.61 Å². The van der Waals surface area contributed by atoms with Gasteiger partial charge in [-0.05, 0) is 62.8 Å². The topological polar surface area (TPSA) is 110 Å². The van der Waals surface area contributed by atoms with E-state index in [4.69, 9.17) is 9.84 Å². The van der Waals surface area contributed by atoms with E-state index in [1.54, 1.807) is 26.0 Å². The summed E-state index contributed by atoms with van der Waals surface area (Å²) in [6.07, 6.45) is 3.66. The van der Waals surface area contributed by atoms with Gasteiger partial charge in [0.25, 0.3) is 5.91 Å². The number of hydrogen-bond acceptors (Lipinski definition) is 5. The molecule has 0 radical (unpaired) electrons. The van der Waals surface area contributed by atoms with Crippen molar-refractivity contribution in [3.8, 4) is 5.75 Å². The number of carbonyl (C=O) groups excluding carboxylic acids is 1. The van der Waals surface area contributed by atoms with Gasteiger partial charge in [-0.25, -0.2) is 13.2 Å². The first-order valence-corrected chi connectivity index (χ1v) is 10.5. The molecule has 1 aromatic rings. The highest BCUT2D eigenvalue weighted by Gasteiger charge is 2.28. The Labute approximate surface area is 153 Å². The molecule has 0 unspecified atom stereocenters. The van der Waals surface area contributed by atoms with E-state index in [1.807, 2.05) is 0 Å². The number of aliphatic carboxylic acids is 1. The molecule has 8 heteroatoms. The Kier molecular flexibility index (Phi) is 6.28. The van der Waals surface area contributed by atoms with Crippen molar-refractivity contribution in [1.82, 2.24) is 5.32 Å². The van der Waals surface area contributed by atoms with Gasteiger partial charge in [-0.15, -0.1) is 0 Å². The van der Waals surface area contributed by atoms with E-state index in [0.29, 0.717) is 48.1 Å². The molecular weight excluding hydrogens is 358 g/mol. The quantitative estimate of drug-likeness (QED) is 0.776. The maximum absolute atomic E-state index is 12.5. The van der Waals surface area contributed by atoms with Crippen LogP contribution in [0.5, 0.6) is 5.75 Å². The summed E-state index contributed by atoms with van der Waals surface area (Å²) in [4.78, 5) is 23.2. The predicted octanol–water partition coefficient (Wildman–Crippen LogP) is 1.85. The smallest absolute Gasteiger partial charge is 0.341 e. The monoisotopic (exact) mass is 383 g/mol. The normalized spacial score (nSPS) is 20.4. The van der Waals surface area contributed by atoms with Gasteiger partial charge < -0.3 is 15.2 Å². The first-order valence-electron chi connectivity index (χ1n) is 8.53. The number of carboxylic acid groups (broad SMARTS) is 1. The highest BCUT2D eigenvalue weighted by atomic mass is 32.2. The van der Waals surface area contributed by atoms with Gasteiger partial charge in [-0.3, -0.25) is 4.79 Å². The average molecular weight is 383 g/mol. The van der Waals surface area contributed by atoms with Crippen molar-refractivity contribution >= 4 is 21.7 Å². The lowest BCUT2D eigenvalue weighted by Gasteiger charge is -2.28. The van der Waals surface area contributed by atoms with Crippen molar-refractivity contribution in [3.05, 3.63) is 28.8 Å². The van der Waals surface area contributed by atoms with Crippen LogP contribution >= 0.6 is 0 Å². The molecule has 1 saturated carbocycles. The Morgan fingerprint density at radius 3 is 2.15 bits per heavy atom. The lowest BCUT2D eigenvalue weighted by Crippen LogP contribution is -2.40. The van der Waals surface area contributed by atoms with Crippen molar-refractivity contribution in [2.75, 3.05) is 12.9 Å². The van der Waals surface area contributed by atoms with Crippen molar-refractivity contribution in [3.63, 3.8) is 0 Å². The van der Waals surface area contributed by atoms with E-state index >= 15 is 0 Å². The molecule has 1 aliphatic rings. The Morgan fingerprint density at radius 2 is 1.69 bits per heavy atom. The number of sulfone groups is 1. The summed E-state index contributed by atoms with van der Waals surface area (Å²) in [6.45, 7) is 3.09. The molecule has 2 rings (SSSR count). The lowest BCUT2D eigenvalue weighted by molar-refractivity contribution is -0.139. The highest BCUT2D eigenvalue weighted by Crippen LogP contribution is 2.26. The molecule has 1 aliphatic carbocycles. The molecule has 26 heavy (non-hydrogen) atoms.